The molecule has 6 heteroatoms. The van der Waals surface area contributed by atoms with Crippen molar-refractivity contribution in [1.82, 2.24) is 5.32 Å². The minimum atomic E-state index is -0.785. The Hall–Kier alpha value is -1.40. The molecule has 380 valence electrons. The van der Waals surface area contributed by atoms with E-state index in [0.29, 0.717) is 19.3 Å². The second-order valence-electron chi connectivity index (χ2n) is 20.1. The summed E-state index contributed by atoms with van der Waals surface area (Å²) in [5.41, 5.74) is 0. The van der Waals surface area contributed by atoms with Crippen molar-refractivity contribution in [3.05, 3.63) is 12.2 Å². The van der Waals surface area contributed by atoms with Crippen LogP contribution in [-0.2, 0) is 14.3 Å². The number of aliphatic hydroxyl groups excluding tert-OH is 2. The maximum atomic E-state index is 13.2. The van der Waals surface area contributed by atoms with Gasteiger partial charge in [-0.05, 0) is 51.4 Å². The van der Waals surface area contributed by atoms with Gasteiger partial charge in [0, 0.05) is 6.42 Å². The molecule has 0 aromatic heterocycles. The van der Waals surface area contributed by atoms with Crippen molar-refractivity contribution in [2.75, 3.05) is 6.61 Å². The average molecular weight is 905 g/mol. The molecule has 0 bridgehead atoms. The summed E-state index contributed by atoms with van der Waals surface area (Å²) >= 11 is 0. The molecule has 3 unspecified atom stereocenters. The molecule has 64 heavy (non-hydrogen) atoms. The SMILES string of the molecule is CCCCCC/C=C\CCCCCCCC(CC(=O)NC(CO)C(O)CCCCCCCCCCCCCCCC)OC(=O)CCCCCCCCCCCCCCCCCCCC. The van der Waals surface area contributed by atoms with Crippen LogP contribution in [0.25, 0.3) is 0 Å². The Morgan fingerprint density at radius 1 is 0.438 bits per heavy atom. The van der Waals surface area contributed by atoms with Gasteiger partial charge in [0.05, 0.1) is 25.2 Å². The van der Waals surface area contributed by atoms with E-state index in [2.05, 4.69) is 38.2 Å². The van der Waals surface area contributed by atoms with Crippen molar-refractivity contribution in [1.29, 1.82) is 0 Å². The second-order valence-corrected chi connectivity index (χ2v) is 20.1. The zero-order chi connectivity index (χ0) is 46.7. The smallest absolute Gasteiger partial charge is 0.306 e. The van der Waals surface area contributed by atoms with Crippen LogP contribution in [0.4, 0.5) is 0 Å². The Balaban J connectivity index is 4.47. The van der Waals surface area contributed by atoms with E-state index < -0.39 is 18.2 Å². The van der Waals surface area contributed by atoms with Crippen LogP contribution >= 0.6 is 0 Å². The molecule has 0 aliphatic carbocycles. The monoisotopic (exact) mass is 904 g/mol. The third-order valence-electron chi connectivity index (χ3n) is 13.6. The van der Waals surface area contributed by atoms with Crippen LogP contribution in [0.2, 0.25) is 0 Å². The fourth-order valence-corrected chi connectivity index (χ4v) is 9.19. The van der Waals surface area contributed by atoms with Crippen LogP contribution in [0.3, 0.4) is 0 Å². The van der Waals surface area contributed by atoms with Gasteiger partial charge in [0.25, 0.3) is 0 Å². The van der Waals surface area contributed by atoms with Gasteiger partial charge in [0.1, 0.15) is 6.10 Å². The highest BCUT2D eigenvalue weighted by molar-refractivity contribution is 5.77. The van der Waals surface area contributed by atoms with Crippen LogP contribution < -0.4 is 5.32 Å². The number of ether oxygens (including phenoxy) is 1. The zero-order valence-corrected chi connectivity index (χ0v) is 43.4. The van der Waals surface area contributed by atoms with Gasteiger partial charge in [0.2, 0.25) is 5.91 Å². The van der Waals surface area contributed by atoms with Crippen molar-refractivity contribution < 1.29 is 24.5 Å². The first-order valence-corrected chi connectivity index (χ1v) is 28.9. The number of hydrogen-bond donors (Lipinski definition) is 3. The number of nitrogens with one attached hydrogen (secondary N) is 1. The molecule has 0 spiro atoms. The van der Waals surface area contributed by atoms with Gasteiger partial charge in [-0.2, -0.15) is 0 Å². The van der Waals surface area contributed by atoms with Gasteiger partial charge >= 0.3 is 5.97 Å². The minimum absolute atomic E-state index is 0.0794. The largest absolute Gasteiger partial charge is 0.462 e. The Morgan fingerprint density at radius 3 is 1.12 bits per heavy atom. The highest BCUT2D eigenvalue weighted by Crippen LogP contribution is 2.19. The van der Waals surface area contributed by atoms with Crippen molar-refractivity contribution in [2.24, 2.45) is 0 Å². The van der Waals surface area contributed by atoms with Crippen molar-refractivity contribution in [2.45, 2.75) is 341 Å². The average Bonchev–Trinajstić information content (AvgIpc) is 3.29. The van der Waals surface area contributed by atoms with Gasteiger partial charge in [-0.15, -0.1) is 0 Å². The van der Waals surface area contributed by atoms with Gasteiger partial charge in [-0.1, -0.05) is 270 Å². The van der Waals surface area contributed by atoms with Crippen LogP contribution in [0.1, 0.15) is 323 Å². The molecule has 3 N–H and O–H groups in total. The predicted molar refractivity (Wildman–Crippen MR) is 278 cm³/mol. The van der Waals surface area contributed by atoms with E-state index in [0.717, 1.165) is 57.8 Å². The Kier molecular flexibility index (Phi) is 51.4. The molecular weight excluding hydrogens is 791 g/mol. The molecule has 0 aromatic rings. The summed E-state index contributed by atoms with van der Waals surface area (Å²) < 4.78 is 5.96. The van der Waals surface area contributed by atoms with E-state index in [-0.39, 0.29) is 24.9 Å². The molecular formula is C58H113NO5. The van der Waals surface area contributed by atoms with Crippen LogP contribution in [0.15, 0.2) is 12.2 Å². The first-order chi connectivity index (χ1) is 31.5. The number of aliphatic hydroxyl groups is 2. The highest BCUT2D eigenvalue weighted by atomic mass is 16.5. The molecule has 0 aliphatic heterocycles. The molecule has 0 heterocycles. The lowest BCUT2D eigenvalue weighted by Gasteiger charge is -2.24. The summed E-state index contributed by atoms with van der Waals surface area (Å²) in [6, 6.07) is -0.698. The lowest BCUT2D eigenvalue weighted by molar-refractivity contribution is -0.151. The molecule has 0 aliphatic rings. The topological polar surface area (TPSA) is 95.9 Å². The third kappa shape index (κ3) is 47.1. The molecule has 0 fully saturated rings. The molecule has 0 radical (unpaired) electrons. The first kappa shape index (κ1) is 62.6. The summed E-state index contributed by atoms with van der Waals surface area (Å²) in [4.78, 5) is 26.2. The molecule has 0 aromatic carbocycles. The normalized spacial score (nSPS) is 13.1. The van der Waals surface area contributed by atoms with Gasteiger partial charge < -0.3 is 20.3 Å². The number of rotatable bonds is 53. The number of carbonyl (C=O) groups excluding carboxylic acids is 2. The number of esters is 1. The number of allylic oxidation sites excluding steroid dienone is 2. The number of amides is 1. The fraction of sp³-hybridized carbons (Fsp3) is 0.931. The number of hydrogen-bond acceptors (Lipinski definition) is 5. The Morgan fingerprint density at radius 2 is 0.750 bits per heavy atom. The Bertz CT molecular complexity index is 970. The predicted octanol–water partition coefficient (Wildman–Crippen LogP) is 17.7. The number of unbranched alkanes of at least 4 members (excludes halogenated alkanes) is 39. The lowest BCUT2D eigenvalue weighted by Crippen LogP contribution is -2.46. The standard InChI is InChI=1S/C58H113NO5/c1-4-7-10-13-16-19-22-25-27-28-29-30-33-36-39-42-45-48-51-58(63)64-54(49-46-43-40-37-34-31-24-21-18-15-12-9-6-3)52-57(62)59-55(53-60)56(61)50-47-44-41-38-35-32-26-23-20-17-14-11-8-5-2/h21,24,54-56,60-61H,4-20,22-23,25-53H2,1-3H3,(H,59,62)/b24-21-. The van der Waals surface area contributed by atoms with Crippen molar-refractivity contribution in [3.63, 3.8) is 0 Å². The van der Waals surface area contributed by atoms with E-state index in [1.807, 2.05) is 0 Å². The maximum absolute atomic E-state index is 13.2. The molecule has 0 saturated carbocycles. The van der Waals surface area contributed by atoms with E-state index in [9.17, 15) is 19.8 Å². The third-order valence-corrected chi connectivity index (χ3v) is 13.6. The second kappa shape index (κ2) is 52.6. The molecule has 6 nitrogen and oxygen atoms in total. The summed E-state index contributed by atoms with van der Waals surface area (Å²) in [7, 11) is 0. The summed E-state index contributed by atoms with van der Waals surface area (Å²) in [5, 5.41) is 23.9. The molecule has 0 saturated heterocycles. The molecule has 1 amide bonds. The van der Waals surface area contributed by atoms with E-state index in [1.165, 1.54) is 218 Å². The number of carbonyl (C=O) groups is 2. The van der Waals surface area contributed by atoms with E-state index >= 15 is 0 Å². The van der Waals surface area contributed by atoms with Crippen molar-refractivity contribution >= 4 is 11.9 Å². The zero-order valence-electron chi connectivity index (χ0n) is 43.4. The quantitative estimate of drug-likeness (QED) is 0.0321. The van der Waals surface area contributed by atoms with Gasteiger partial charge in [-0.25, -0.2) is 0 Å². The Labute approximate surface area is 399 Å². The summed E-state index contributed by atoms with van der Waals surface area (Å²) in [6.07, 6.45) is 59.9. The molecule has 0 rings (SSSR count). The minimum Gasteiger partial charge on any atom is -0.462 e. The van der Waals surface area contributed by atoms with E-state index in [1.54, 1.807) is 0 Å². The van der Waals surface area contributed by atoms with Crippen molar-refractivity contribution in [3.8, 4) is 0 Å². The summed E-state index contributed by atoms with van der Waals surface area (Å²) in [5.74, 6) is -0.459. The summed E-state index contributed by atoms with van der Waals surface area (Å²) in [6.45, 7) is 6.51. The fourth-order valence-electron chi connectivity index (χ4n) is 9.19. The van der Waals surface area contributed by atoms with Crippen LogP contribution in [0, 0.1) is 0 Å². The maximum Gasteiger partial charge on any atom is 0.306 e. The van der Waals surface area contributed by atoms with Crippen LogP contribution in [0.5, 0.6) is 0 Å². The highest BCUT2D eigenvalue weighted by Gasteiger charge is 2.24. The first-order valence-electron chi connectivity index (χ1n) is 28.9. The lowest BCUT2D eigenvalue weighted by atomic mass is 10.0. The van der Waals surface area contributed by atoms with Crippen LogP contribution in [-0.4, -0.2) is 46.9 Å². The molecule has 3 atom stereocenters. The van der Waals surface area contributed by atoms with E-state index in [4.69, 9.17) is 4.74 Å². The van der Waals surface area contributed by atoms with Gasteiger partial charge in [0.15, 0.2) is 0 Å². The van der Waals surface area contributed by atoms with Gasteiger partial charge in [-0.3, -0.25) is 9.59 Å².